The molecule has 2 aromatic rings. The van der Waals surface area contributed by atoms with E-state index in [0.717, 1.165) is 20.9 Å². The van der Waals surface area contributed by atoms with E-state index >= 15 is 0 Å². The average Bonchev–Trinajstić information content (AvgIpc) is 3.10. The van der Waals surface area contributed by atoms with Crippen LogP contribution in [0, 0.1) is 0 Å². The van der Waals surface area contributed by atoms with Crippen LogP contribution in [-0.2, 0) is 43.0 Å². The SMILES string of the molecule is COc1ccc(C(C)(CCCCOP(=O)(O)OCC(CN(CCN(CC(=O)O)CC(=O)O)CC(=O)O)N(CC(=O)O)CC(=O)O)c2ccc(OC)cc2)cc1. The second kappa shape index (κ2) is 22.7. The zero-order valence-electron chi connectivity index (χ0n) is 30.9. The van der Waals surface area contributed by atoms with Crippen molar-refractivity contribution in [3.63, 3.8) is 0 Å². The number of ether oxygens (including phenoxy) is 2. The summed E-state index contributed by atoms with van der Waals surface area (Å²) in [7, 11) is -1.68. The van der Waals surface area contributed by atoms with Crippen LogP contribution in [0.1, 0.15) is 37.3 Å². The number of rotatable bonds is 29. The topological polar surface area (TPSA) is 270 Å². The predicted molar refractivity (Wildman–Crippen MR) is 194 cm³/mol. The Hall–Kier alpha value is -4.62. The quantitative estimate of drug-likeness (QED) is 0.0507. The summed E-state index contributed by atoms with van der Waals surface area (Å²) in [5.74, 6) is -5.57. The van der Waals surface area contributed by atoms with Crippen molar-refractivity contribution in [1.82, 2.24) is 14.7 Å². The van der Waals surface area contributed by atoms with Gasteiger partial charge in [-0.2, -0.15) is 0 Å². The van der Waals surface area contributed by atoms with E-state index in [9.17, 15) is 48.8 Å². The van der Waals surface area contributed by atoms with Crippen LogP contribution in [0.3, 0.4) is 0 Å². The summed E-state index contributed by atoms with van der Waals surface area (Å²) in [5, 5.41) is 46.8. The van der Waals surface area contributed by atoms with E-state index in [-0.39, 0.29) is 19.7 Å². The normalized spacial score (nSPS) is 13.4. The zero-order valence-corrected chi connectivity index (χ0v) is 31.8. The van der Waals surface area contributed by atoms with Gasteiger partial charge >= 0.3 is 37.7 Å². The third-order valence-electron chi connectivity index (χ3n) is 8.68. The third-order valence-corrected chi connectivity index (χ3v) is 9.67. The lowest BCUT2D eigenvalue weighted by Gasteiger charge is -2.34. The molecular formula is C35H50N3O16P. The van der Waals surface area contributed by atoms with Crippen molar-refractivity contribution in [2.45, 2.75) is 37.6 Å². The molecule has 0 aliphatic rings. The molecule has 306 valence electrons. The lowest BCUT2D eigenvalue weighted by atomic mass is 9.73. The molecule has 2 aromatic carbocycles. The summed E-state index contributed by atoms with van der Waals surface area (Å²) >= 11 is 0. The predicted octanol–water partition coefficient (Wildman–Crippen LogP) is 2.01. The molecule has 0 heterocycles. The molecule has 0 fully saturated rings. The molecule has 2 rings (SSSR count). The second-order valence-corrected chi connectivity index (χ2v) is 14.3. The molecular weight excluding hydrogens is 749 g/mol. The molecule has 2 atom stereocenters. The van der Waals surface area contributed by atoms with Crippen LogP contribution < -0.4 is 9.47 Å². The molecule has 0 spiro atoms. The number of phosphoric acid groups is 1. The van der Waals surface area contributed by atoms with Gasteiger partial charge in [0.15, 0.2) is 0 Å². The highest BCUT2D eigenvalue weighted by Gasteiger charge is 2.32. The molecule has 0 aliphatic carbocycles. The van der Waals surface area contributed by atoms with E-state index in [1.165, 1.54) is 4.90 Å². The summed E-state index contributed by atoms with van der Waals surface area (Å²) in [6.07, 6.45) is 1.45. The van der Waals surface area contributed by atoms with Crippen LogP contribution in [-0.4, -0.2) is 161 Å². The Labute approximate surface area is 318 Å². The van der Waals surface area contributed by atoms with Gasteiger partial charge in [0.25, 0.3) is 0 Å². The fourth-order valence-electron chi connectivity index (χ4n) is 5.89. The number of hydrogen-bond acceptors (Lipinski definition) is 13. The van der Waals surface area contributed by atoms with Crippen molar-refractivity contribution in [1.29, 1.82) is 0 Å². The smallest absolute Gasteiger partial charge is 0.472 e. The first kappa shape index (κ1) is 46.5. The van der Waals surface area contributed by atoms with Crippen LogP contribution in [0.5, 0.6) is 11.5 Å². The van der Waals surface area contributed by atoms with E-state index in [1.54, 1.807) is 14.2 Å². The average molecular weight is 800 g/mol. The van der Waals surface area contributed by atoms with Crippen molar-refractivity contribution in [3.8, 4) is 11.5 Å². The Morgan fingerprint density at radius 3 is 1.49 bits per heavy atom. The number of nitrogens with zero attached hydrogens (tertiary/aromatic N) is 3. The monoisotopic (exact) mass is 799 g/mol. The highest BCUT2D eigenvalue weighted by molar-refractivity contribution is 7.47. The Kier molecular flexibility index (Phi) is 19.2. The number of aliphatic carboxylic acids is 5. The summed E-state index contributed by atoms with van der Waals surface area (Å²) in [6, 6.07) is 14.0. The van der Waals surface area contributed by atoms with Gasteiger partial charge in [-0.25, -0.2) is 4.57 Å². The minimum Gasteiger partial charge on any atom is -0.497 e. The molecule has 2 unspecified atom stereocenters. The molecule has 0 amide bonds. The summed E-state index contributed by atoms with van der Waals surface area (Å²) in [4.78, 5) is 71.1. The standard InChI is InChI=1S/C35H50N3O16P/c1-35(25-6-10-28(51-2)11-7-25,26-8-12-29(52-3)13-9-26)14-4-5-17-53-55(49,50)54-24-27(38(22-33(45)46)23-34(47)48)18-36(19-30(39)40)15-16-37(20-31(41)42)21-32(43)44/h6-13,27H,4-5,14-24H2,1-3H3,(H,39,40)(H,41,42)(H,43,44)(H,45,46)(H,47,48)(H,49,50). The van der Waals surface area contributed by atoms with Crippen LogP contribution >= 0.6 is 7.82 Å². The first-order chi connectivity index (χ1) is 25.9. The van der Waals surface area contributed by atoms with Crippen molar-refractivity contribution in [3.05, 3.63) is 59.7 Å². The highest BCUT2D eigenvalue weighted by atomic mass is 31.2. The number of carbonyl (C=O) groups is 5. The molecule has 0 aliphatic heterocycles. The van der Waals surface area contributed by atoms with Crippen LogP contribution in [0.2, 0.25) is 0 Å². The Bertz CT molecular complexity index is 1530. The van der Waals surface area contributed by atoms with Gasteiger partial charge in [-0.15, -0.1) is 0 Å². The molecule has 55 heavy (non-hydrogen) atoms. The number of benzene rings is 2. The fourth-order valence-corrected chi connectivity index (χ4v) is 6.68. The van der Waals surface area contributed by atoms with Gasteiger partial charge in [-0.3, -0.25) is 47.7 Å². The summed E-state index contributed by atoms with van der Waals surface area (Å²) in [6.45, 7) is -3.69. The van der Waals surface area contributed by atoms with E-state index in [0.29, 0.717) is 30.8 Å². The zero-order chi connectivity index (χ0) is 41.2. The number of unbranched alkanes of at least 4 members (excludes halogenated alkanes) is 1. The fraction of sp³-hybridized carbons (Fsp3) is 0.514. The number of carboxylic acids is 5. The van der Waals surface area contributed by atoms with Gasteiger partial charge in [0.2, 0.25) is 0 Å². The summed E-state index contributed by atoms with van der Waals surface area (Å²) in [5.41, 5.74) is 1.52. The number of methoxy groups -OCH3 is 2. The van der Waals surface area contributed by atoms with E-state index in [4.69, 9.17) is 28.7 Å². The van der Waals surface area contributed by atoms with Crippen molar-refractivity contribution >= 4 is 37.7 Å². The van der Waals surface area contributed by atoms with Crippen molar-refractivity contribution in [2.24, 2.45) is 0 Å². The van der Waals surface area contributed by atoms with Crippen LogP contribution in [0.25, 0.3) is 0 Å². The molecule has 19 nitrogen and oxygen atoms in total. The van der Waals surface area contributed by atoms with Crippen molar-refractivity contribution < 1.29 is 77.5 Å². The molecule has 6 N–H and O–H groups in total. The number of carboxylic acid groups (broad SMARTS) is 5. The first-order valence-electron chi connectivity index (χ1n) is 17.1. The lowest BCUT2D eigenvalue weighted by molar-refractivity contribution is -0.145. The second-order valence-electron chi connectivity index (χ2n) is 12.8. The number of phosphoric ester groups is 1. The Balaban J connectivity index is 2.18. The van der Waals surface area contributed by atoms with Crippen LogP contribution in [0.4, 0.5) is 0 Å². The maximum Gasteiger partial charge on any atom is 0.472 e. The van der Waals surface area contributed by atoms with Crippen molar-refractivity contribution in [2.75, 3.05) is 79.8 Å². The van der Waals surface area contributed by atoms with Gasteiger partial charge < -0.3 is 39.9 Å². The molecule has 20 heteroatoms. The van der Waals surface area contributed by atoms with E-state index in [1.807, 2.05) is 48.5 Å². The van der Waals surface area contributed by atoms with E-state index in [2.05, 4.69) is 6.92 Å². The molecule has 0 aromatic heterocycles. The largest absolute Gasteiger partial charge is 0.497 e. The molecule has 0 radical (unpaired) electrons. The van der Waals surface area contributed by atoms with Gasteiger partial charge in [-0.1, -0.05) is 31.2 Å². The maximum absolute atomic E-state index is 13.0. The van der Waals surface area contributed by atoms with Gasteiger partial charge in [0.1, 0.15) is 11.5 Å². The minimum absolute atomic E-state index is 0.220. The Morgan fingerprint density at radius 1 is 0.655 bits per heavy atom. The highest BCUT2D eigenvalue weighted by Crippen LogP contribution is 2.44. The first-order valence-corrected chi connectivity index (χ1v) is 18.6. The third kappa shape index (κ3) is 17.2. The van der Waals surface area contributed by atoms with Gasteiger partial charge in [-0.05, 0) is 54.7 Å². The van der Waals surface area contributed by atoms with Gasteiger partial charge in [0.05, 0.1) is 60.2 Å². The van der Waals surface area contributed by atoms with E-state index < -0.39 is 95.0 Å². The molecule has 0 bridgehead atoms. The van der Waals surface area contributed by atoms with Gasteiger partial charge in [0, 0.05) is 31.1 Å². The minimum atomic E-state index is -4.83. The number of hydrogen-bond donors (Lipinski definition) is 6. The Morgan fingerprint density at radius 2 is 1.07 bits per heavy atom. The molecule has 0 saturated carbocycles. The molecule has 0 saturated heterocycles. The lowest BCUT2D eigenvalue weighted by Crippen LogP contribution is -2.52. The maximum atomic E-state index is 13.0. The summed E-state index contributed by atoms with van der Waals surface area (Å²) < 4.78 is 34.0. The van der Waals surface area contributed by atoms with Crippen LogP contribution in [0.15, 0.2) is 48.5 Å².